The number of pyridine rings is 1. The Morgan fingerprint density at radius 3 is 2.44 bits per heavy atom. The summed E-state index contributed by atoms with van der Waals surface area (Å²) in [4.78, 5) is 3.45. The molecular formula is C9H6BrClN4O2S. The molecule has 0 radical (unpaired) electrons. The third-order valence-electron chi connectivity index (χ3n) is 1.89. The molecule has 0 amide bonds. The Hall–Kier alpha value is -1.19. The molecule has 1 heterocycles. The summed E-state index contributed by atoms with van der Waals surface area (Å²) in [5.41, 5.74) is 0. The maximum absolute atomic E-state index is 12.2. The van der Waals surface area contributed by atoms with Crippen LogP contribution in [0.1, 0.15) is 0 Å². The van der Waals surface area contributed by atoms with Gasteiger partial charge in [0.1, 0.15) is 23.1 Å². The van der Waals surface area contributed by atoms with Crippen molar-refractivity contribution < 1.29 is 8.42 Å². The number of aromatic nitrogens is 1. The van der Waals surface area contributed by atoms with E-state index in [1.165, 1.54) is 12.3 Å². The molecule has 1 aromatic rings. The van der Waals surface area contributed by atoms with E-state index in [9.17, 15) is 8.42 Å². The molecule has 0 aromatic carbocycles. The smallest absolute Gasteiger partial charge is 0.242 e. The van der Waals surface area contributed by atoms with E-state index < -0.39 is 23.1 Å². The van der Waals surface area contributed by atoms with Gasteiger partial charge in [0, 0.05) is 10.7 Å². The Morgan fingerprint density at radius 2 is 1.94 bits per heavy atom. The van der Waals surface area contributed by atoms with E-state index in [2.05, 4.69) is 20.9 Å². The molecule has 0 fully saturated rings. The number of hydrogen-bond donors (Lipinski definition) is 0. The van der Waals surface area contributed by atoms with Crippen molar-refractivity contribution in [2.45, 2.75) is 4.90 Å². The lowest BCUT2D eigenvalue weighted by Gasteiger charge is -2.16. The van der Waals surface area contributed by atoms with Crippen LogP contribution in [0.2, 0.25) is 5.15 Å². The molecule has 94 valence electrons. The largest absolute Gasteiger partial charge is 0.248 e. The summed E-state index contributed by atoms with van der Waals surface area (Å²) < 4.78 is 25.5. The first-order valence-corrected chi connectivity index (χ1v) is 7.09. The highest BCUT2D eigenvalue weighted by molar-refractivity contribution is 9.10. The summed E-state index contributed by atoms with van der Waals surface area (Å²) in [6.45, 7) is -0.864. The Kier molecular flexibility index (Phi) is 5.05. The predicted molar refractivity (Wildman–Crippen MR) is 66.9 cm³/mol. The SMILES string of the molecule is N#CCN(CC#N)S(=O)(=O)c1cc(Br)cnc1Cl. The van der Waals surface area contributed by atoms with Crippen molar-refractivity contribution in [3.63, 3.8) is 0 Å². The second-order valence-corrected chi connectivity index (χ2v) is 6.21. The highest BCUT2D eigenvalue weighted by Crippen LogP contribution is 2.25. The van der Waals surface area contributed by atoms with E-state index in [1.807, 2.05) is 0 Å². The minimum absolute atomic E-state index is 0.209. The minimum atomic E-state index is -4.01. The Morgan fingerprint density at radius 1 is 1.39 bits per heavy atom. The first-order chi connectivity index (χ1) is 8.43. The molecule has 0 spiro atoms. The van der Waals surface area contributed by atoms with Gasteiger partial charge in [-0.25, -0.2) is 13.4 Å². The second-order valence-electron chi connectivity index (χ2n) is 3.03. The van der Waals surface area contributed by atoms with Crippen LogP contribution in [-0.2, 0) is 10.0 Å². The van der Waals surface area contributed by atoms with E-state index in [1.54, 1.807) is 12.1 Å². The third kappa shape index (κ3) is 3.18. The van der Waals surface area contributed by atoms with Gasteiger partial charge in [0.2, 0.25) is 10.0 Å². The third-order valence-corrected chi connectivity index (χ3v) is 4.54. The zero-order chi connectivity index (χ0) is 13.8. The lowest BCUT2D eigenvalue weighted by molar-refractivity contribution is 0.479. The van der Waals surface area contributed by atoms with E-state index in [-0.39, 0.29) is 10.0 Å². The summed E-state index contributed by atoms with van der Waals surface area (Å²) >= 11 is 8.80. The second kappa shape index (κ2) is 6.12. The Balaban J connectivity index is 3.32. The molecule has 6 nitrogen and oxygen atoms in total. The number of nitrogens with zero attached hydrogens (tertiary/aromatic N) is 4. The molecule has 1 rings (SSSR count). The summed E-state index contributed by atoms with van der Waals surface area (Å²) in [5.74, 6) is 0. The zero-order valence-electron chi connectivity index (χ0n) is 8.84. The summed E-state index contributed by atoms with van der Waals surface area (Å²) in [6, 6.07) is 4.64. The van der Waals surface area contributed by atoms with Gasteiger partial charge >= 0.3 is 0 Å². The fourth-order valence-corrected chi connectivity index (χ4v) is 3.26. The van der Waals surface area contributed by atoms with Crippen LogP contribution in [0.5, 0.6) is 0 Å². The zero-order valence-corrected chi connectivity index (χ0v) is 12.0. The van der Waals surface area contributed by atoms with E-state index in [4.69, 9.17) is 22.1 Å². The molecule has 18 heavy (non-hydrogen) atoms. The van der Waals surface area contributed by atoms with Gasteiger partial charge in [-0.1, -0.05) is 11.6 Å². The van der Waals surface area contributed by atoms with Gasteiger partial charge in [-0.15, -0.1) is 0 Å². The van der Waals surface area contributed by atoms with Crippen LogP contribution < -0.4 is 0 Å². The first kappa shape index (κ1) is 14.9. The van der Waals surface area contributed by atoms with Crippen molar-refractivity contribution in [1.82, 2.24) is 9.29 Å². The Bertz CT molecular complexity index is 619. The molecule has 0 aliphatic carbocycles. The molecule has 0 unspecified atom stereocenters. The van der Waals surface area contributed by atoms with Gasteiger partial charge in [-0.3, -0.25) is 0 Å². The number of rotatable bonds is 4. The number of halogens is 2. The first-order valence-electron chi connectivity index (χ1n) is 4.48. The topological polar surface area (TPSA) is 97.9 Å². The average Bonchev–Trinajstić information content (AvgIpc) is 2.32. The normalized spacial score (nSPS) is 10.9. The van der Waals surface area contributed by atoms with Crippen LogP contribution in [0.25, 0.3) is 0 Å². The highest BCUT2D eigenvalue weighted by atomic mass is 79.9. The van der Waals surface area contributed by atoms with Crippen molar-refractivity contribution in [3.05, 3.63) is 21.9 Å². The molecule has 0 atom stereocenters. The van der Waals surface area contributed by atoms with E-state index in [0.717, 1.165) is 4.31 Å². The Labute approximate surface area is 118 Å². The molecule has 0 aliphatic rings. The molecule has 0 saturated carbocycles. The molecule has 0 aliphatic heterocycles. The van der Waals surface area contributed by atoms with Gasteiger partial charge in [0.05, 0.1) is 12.1 Å². The van der Waals surface area contributed by atoms with Crippen LogP contribution >= 0.6 is 27.5 Å². The quantitative estimate of drug-likeness (QED) is 0.606. The van der Waals surface area contributed by atoms with Crippen LogP contribution in [0.3, 0.4) is 0 Å². The van der Waals surface area contributed by atoms with Crippen molar-refractivity contribution >= 4 is 37.6 Å². The summed E-state index contributed by atoms with van der Waals surface area (Å²) in [5, 5.41) is 16.9. The highest BCUT2D eigenvalue weighted by Gasteiger charge is 2.27. The maximum Gasteiger partial charge on any atom is 0.248 e. The van der Waals surface area contributed by atoms with Crippen LogP contribution in [0.4, 0.5) is 0 Å². The molecule has 0 N–H and O–H groups in total. The fourth-order valence-electron chi connectivity index (χ4n) is 1.11. The number of hydrogen-bond acceptors (Lipinski definition) is 5. The van der Waals surface area contributed by atoms with Gasteiger partial charge in [0.15, 0.2) is 0 Å². The summed E-state index contributed by atoms with van der Waals surface area (Å²) in [6.07, 6.45) is 1.35. The summed E-state index contributed by atoms with van der Waals surface area (Å²) in [7, 11) is -4.01. The van der Waals surface area contributed by atoms with Crippen molar-refractivity contribution in [2.75, 3.05) is 13.1 Å². The van der Waals surface area contributed by atoms with E-state index in [0.29, 0.717) is 4.47 Å². The van der Waals surface area contributed by atoms with E-state index >= 15 is 0 Å². The average molecular weight is 350 g/mol. The maximum atomic E-state index is 12.2. The molecule has 9 heteroatoms. The van der Waals surface area contributed by atoms with Crippen LogP contribution in [-0.4, -0.2) is 30.8 Å². The van der Waals surface area contributed by atoms with Gasteiger partial charge < -0.3 is 0 Å². The lowest BCUT2D eigenvalue weighted by Crippen LogP contribution is -2.32. The molecular weight excluding hydrogens is 344 g/mol. The molecule has 0 saturated heterocycles. The van der Waals surface area contributed by atoms with Crippen LogP contribution in [0, 0.1) is 22.7 Å². The molecule has 0 bridgehead atoms. The fraction of sp³-hybridized carbons (Fsp3) is 0.222. The lowest BCUT2D eigenvalue weighted by atomic mass is 10.5. The van der Waals surface area contributed by atoms with Gasteiger partial charge in [0.25, 0.3) is 0 Å². The van der Waals surface area contributed by atoms with Gasteiger partial charge in [-0.2, -0.15) is 14.8 Å². The minimum Gasteiger partial charge on any atom is -0.242 e. The van der Waals surface area contributed by atoms with Crippen molar-refractivity contribution in [2.24, 2.45) is 0 Å². The number of sulfonamides is 1. The van der Waals surface area contributed by atoms with Crippen molar-refractivity contribution in [1.29, 1.82) is 10.5 Å². The monoisotopic (exact) mass is 348 g/mol. The molecule has 1 aromatic heterocycles. The van der Waals surface area contributed by atoms with Crippen LogP contribution in [0.15, 0.2) is 21.6 Å². The standard InChI is InChI=1S/C9H6BrClN4O2S/c10-7-5-8(9(11)14-6-7)18(16,17)15(3-1-12)4-2-13/h5-6H,3-4H2. The van der Waals surface area contributed by atoms with Gasteiger partial charge in [-0.05, 0) is 22.0 Å². The predicted octanol–water partition coefficient (Wildman–Crippen LogP) is 1.54. The number of nitriles is 2. The van der Waals surface area contributed by atoms with Crippen molar-refractivity contribution in [3.8, 4) is 12.1 Å².